The normalized spacial score (nSPS) is 16.6. The van der Waals surface area contributed by atoms with Crippen LogP contribution in [-0.2, 0) is 10.0 Å². The van der Waals surface area contributed by atoms with E-state index in [9.17, 15) is 18.5 Å². The number of nitro benzene ring substituents is 1. The quantitative estimate of drug-likeness (QED) is 0.653. The highest BCUT2D eigenvalue weighted by Crippen LogP contribution is 2.29. The summed E-state index contributed by atoms with van der Waals surface area (Å²) in [5, 5.41) is 13.8. The first-order valence-electron chi connectivity index (χ1n) is 6.57. The SMILES string of the molecule is CCNc1cc(S(=O)(=O)N2CCSCC2)ccc1[N+](=O)[O-]. The molecule has 7 nitrogen and oxygen atoms in total. The second-order valence-corrected chi connectivity index (χ2v) is 7.65. The molecule has 0 aromatic heterocycles. The third-order valence-electron chi connectivity index (χ3n) is 3.14. The molecule has 1 aromatic carbocycles. The van der Waals surface area contributed by atoms with Crippen molar-refractivity contribution in [3.63, 3.8) is 0 Å². The van der Waals surface area contributed by atoms with Crippen molar-refractivity contribution in [2.24, 2.45) is 0 Å². The van der Waals surface area contributed by atoms with Crippen LogP contribution in [0.15, 0.2) is 23.1 Å². The third-order valence-corrected chi connectivity index (χ3v) is 5.98. The van der Waals surface area contributed by atoms with E-state index in [1.807, 2.05) is 0 Å². The van der Waals surface area contributed by atoms with Crippen molar-refractivity contribution in [3.05, 3.63) is 28.3 Å². The van der Waals surface area contributed by atoms with Gasteiger partial charge in [-0.1, -0.05) is 0 Å². The molecule has 9 heteroatoms. The van der Waals surface area contributed by atoms with Crippen LogP contribution in [0.1, 0.15) is 6.92 Å². The molecule has 1 N–H and O–H groups in total. The summed E-state index contributed by atoms with van der Waals surface area (Å²) in [5.74, 6) is 1.54. The zero-order chi connectivity index (χ0) is 15.5. The first-order valence-corrected chi connectivity index (χ1v) is 9.16. The number of rotatable bonds is 5. The van der Waals surface area contributed by atoms with Crippen molar-refractivity contribution in [2.45, 2.75) is 11.8 Å². The molecule has 0 radical (unpaired) electrons. The molecule has 0 bridgehead atoms. The van der Waals surface area contributed by atoms with Gasteiger partial charge in [0, 0.05) is 37.2 Å². The summed E-state index contributed by atoms with van der Waals surface area (Å²) in [5.41, 5.74) is 0.111. The number of benzene rings is 1. The molecule has 1 aliphatic heterocycles. The Morgan fingerprint density at radius 1 is 1.38 bits per heavy atom. The highest BCUT2D eigenvalue weighted by atomic mass is 32.2. The Bertz CT molecular complexity index is 627. The lowest BCUT2D eigenvalue weighted by atomic mass is 10.2. The molecule has 1 heterocycles. The molecule has 0 saturated carbocycles. The van der Waals surface area contributed by atoms with Gasteiger partial charge in [0.15, 0.2) is 0 Å². The van der Waals surface area contributed by atoms with E-state index in [4.69, 9.17) is 0 Å². The Morgan fingerprint density at radius 2 is 2.05 bits per heavy atom. The lowest BCUT2D eigenvalue weighted by molar-refractivity contribution is -0.384. The summed E-state index contributed by atoms with van der Waals surface area (Å²) in [4.78, 5) is 10.5. The summed E-state index contributed by atoms with van der Waals surface area (Å²) in [6.07, 6.45) is 0. The first-order chi connectivity index (χ1) is 9.96. The Balaban J connectivity index is 2.39. The molecule has 1 fully saturated rings. The van der Waals surface area contributed by atoms with Crippen molar-refractivity contribution in [3.8, 4) is 0 Å². The molecule has 0 amide bonds. The van der Waals surface area contributed by atoms with E-state index >= 15 is 0 Å². The second kappa shape index (κ2) is 6.63. The van der Waals surface area contributed by atoms with Crippen molar-refractivity contribution >= 4 is 33.2 Å². The number of hydrogen-bond acceptors (Lipinski definition) is 6. The van der Waals surface area contributed by atoms with E-state index in [0.717, 1.165) is 11.5 Å². The molecule has 0 atom stereocenters. The molecule has 2 rings (SSSR count). The number of anilines is 1. The molecule has 0 aliphatic carbocycles. The number of nitrogens with one attached hydrogen (secondary N) is 1. The van der Waals surface area contributed by atoms with Crippen molar-refractivity contribution in [2.75, 3.05) is 36.5 Å². The number of nitro groups is 1. The van der Waals surface area contributed by atoms with E-state index in [-0.39, 0.29) is 16.3 Å². The highest BCUT2D eigenvalue weighted by molar-refractivity contribution is 7.99. The van der Waals surface area contributed by atoms with E-state index in [1.54, 1.807) is 18.7 Å². The van der Waals surface area contributed by atoms with Gasteiger partial charge in [-0.05, 0) is 19.1 Å². The highest BCUT2D eigenvalue weighted by Gasteiger charge is 2.28. The van der Waals surface area contributed by atoms with Crippen molar-refractivity contribution in [1.82, 2.24) is 4.31 Å². The molecule has 116 valence electrons. The predicted molar refractivity (Wildman–Crippen MR) is 83.3 cm³/mol. The number of thioether (sulfide) groups is 1. The van der Waals surface area contributed by atoms with Gasteiger partial charge < -0.3 is 5.32 Å². The van der Waals surface area contributed by atoms with E-state index in [2.05, 4.69) is 5.32 Å². The van der Waals surface area contributed by atoms with Gasteiger partial charge >= 0.3 is 0 Å². The Hall–Kier alpha value is -1.32. The van der Waals surface area contributed by atoms with Gasteiger partial charge in [-0.3, -0.25) is 10.1 Å². The predicted octanol–water partition coefficient (Wildman–Crippen LogP) is 1.76. The van der Waals surface area contributed by atoms with Gasteiger partial charge in [0.25, 0.3) is 5.69 Å². The smallest absolute Gasteiger partial charge is 0.292 e. The fraction of sp³-hybridized carbons (Fsp3) is 0.500. The molecule has 0 spiro atoms. The maximum absolute atomic E-state index is 12.5. The first kappa shape index (κ1) is 16.1. The molecule has 1 aromatic rings. The van der Waals surface area contributed by atoms with Gasteiger partial charge in [-0.15, -0.1) is 0 Å². The number of sulfonamides is 1. The van der Waals surface area contributed by atoms with Crippen molar-refractivity contribution in [1.29, 1.82) is 0 Å². The largest absolute Gasteiger partial charge is 0.380 e. The molecule has 0 unspecified atom stereocenters. The van der Waals surface area contributed by atoms with Gasteiger partial charge in [0.2, 0.25) is 10.0 Å². The minimum absolute atomic E-state index is 0.0935. The van der Waals surface area contributed by atoms with Gasteiger partial charge in [0.1, 0.15) is 5.69 Å². The number of hydrogen-bond donors (Lipinski definition) is 1. The zero-order valence-electron chi connectivity index (χ0n) is 11.6. The molecular formula is C12H17N3O4S2. The maximum Gasteiger partial charge on any atom is 0.292 e. The second-order valence-electron chi connectivity index (χ2n) is 4.48. The van der Waals surface area contributed by atoms with Gasteiger partial charge in [0.05, 0.1) is 9.82 Å². The van der Waals surface area contributed by atoms with Gasteiger partial charge in [-0.25, -0.2) is 8.42 Å². The zero-order valence-corrected chi connectivity index (χ0v) is 13.2. The molecule has 1 saturated heterocycles. The number of nitrogens with zero attached hydrogens (tertiary/aromatic N) is 2. The Morgan fingerprint density at radius 3 is 2.62 bits per heavy atom. The summed E-state index contributed by atoms with van der Waals surface area (Å²) < 4.78 is 26.5. The minimum Gasteiger partial charge on any atom is -0.380 e. The van der Waals surface area contributed by atoms with Crippen LogP contribution in [0, 0.1) is 10.1 Å². The summed E-state index contributed by atoms with van der Waals surface area (Å²) in [7, 11) is -3.59. The van der Waals surface area contributed by atoms with E-state index < -0.39 is 14.9 Å². The lowest BCUT2D eigenvalue weighted by Crippen LogP contribution is -2.37. The van der Waals surface area contributed by atoms with Crippen LogP contribution in [0.4, 0.5) is 11.4 Å². The Kier molecular flexibility index (Phi) is 5.07. The average Bonchev–Trinajstić information content (AvgIpc) is 2.48. The summed E-state index contributed by atoms with van der Waals surface area (Å²) in [6.45, 7) is 3.22. The maximum atomic E-state index is 12.5. The summed E-state index contributed by atoms with van der Waals surface area (Å²) in [6, 6.07) is 3.89. The topological polar surface area (TPSA) is 92.6 Å². The molecular weight excluding hydrogens is 314 g/mol. The fourth-order valence-electron chi connectivity index (χ4n) is 2.10. The molecule has 21 heavy (non-hydrogen) atoms. The van der Waals surface area contributed by atoms with Gasteiger partial charge in [-0.2, -0.15) is 16.1 Å². The van der Waals surface area contributed by atoms with Crippen LogP contribution >= 0.6 is 11.8 Å². The lowest BCUT2D eigenvalue weighted by Gasteiger charge is -2.25. The van der Waals surface area contributed by atoms with Crippen LogP contribution in [0.25, 0.3) is 0 Å². The summed E-state index contributed by atoms with van der Waals surface area (Å²) >= 11 is 1.72. The van der Waals surface area contributed by atoms with Crippen LogP contribution in [0.5, 0.6) is 0 Å². The van der Waals surface area contributed by atoms with E-state index in [1.165, 1.54) is 22.5 Å². The standard InChI is InChI=1S/C12H17N3O4S2/c1-2-13-11-9-10(3-4-12(11)15(16)17)21(18,19)14-5-7-20-8-6-14/h3-4,9,13H,2,5-8H2,1H3. The van der Waals surface area contributed by atoms with Crippen molar-refractivity contribution < 1.29 is 13.3 Å². The minimum atomic E-state index is -3.59. The average molecular weight is 331 g/mol. The molecule has 1 aliphatic rings. The fourth-order valence-corrected chi connectivity index (χ4v) is 4.71. The van der Waals surface area contributed by atoms with Crippen LogP contribution in [-0.4, -0.2) is 48.8 Å². The van der Waals surface area contributed by atoms with E-state index in [0.29, 0.717) is 19.6 Å². The Labute approximate surface area is 127 Å². The third kappa shape index (κ3) is 3.47. The van der Waals surface area contributed by atoms with Crippen LogP contribution < -0.4 is 5.32 Å². The monoisotopic (exact) mass is 331 g/mol. The van der Waals surface area contributed by atoms with Crippen LogP contribution in [0.2, 0.25) is 0 Å². The van der Waals surface area contributed by atoms with Crippen LogP contribution in [0.3, 0.4) is 0 Å².